The lowest BCUT2D eigenvalue weighted by atomic mass is 10.2. The van der Waals surface area contributed by atoms with Crippen molar-refractivity contribution < 1.29 is 23.8 Å². The number of carbonyl (C=O) groups is 2. The van der Waals surface area contributed by atoms with Crippen molar-refractivity contribution in [2.24, 2.45) is 0 Å². The van der Waals surface area contributed by atoms with Crippen molar-refractivity contribution in [2.45, 2.75) is 13.0 Å². The van der Waals surface area contributed by atoms with E-state index >= 15 is 0 Å². The summed E-state index contributed by atoms with van der Waals surface area (Å²) in [5.41, 5.74) is 6.28. The largest absolute Gasteiger partial charge is 0.486 e. The van der Waals surface area contributed by atoms with Crippen molar-refractivity contribution in [1.82, 2.24) is 0 Å². The van der Waals surface area contributed by atoms with Gasteiger partial charge >= 0.3 is 5.97 Å². The third-order valence-electron chi connectivity index (χ3n) is 3.78. The van der Waals surface area contributed by atoms with E-state index in [0.717, 1.165) is 0 Å². The number of anilines is 2. The van der Waals surface area contributed by atoms with E-state index in [9.17, 15) is 9.59 Å². The van der Waals surface area contributed by atoms with Gasteiger partial charge in [0.15, 0.2) is 17.6 Å². The van der Waals surface area contributed by atoms with E-state index < -0.39 is 18.0 Å². The van der Waals surface area contributed by atoms with E-state index in [-0.39, 0.29) is 21.3 Å². The molecule has 1 unspecified atom stereocenters. The molecule has 1 heterocycles. The second kappa shape index (κ2) is 7.94. The number of ether oxygens (including phenoxy) is 3. The summed E-state index contributed by atoms with van der Waals surface area (Å²) in [5, 5.41) is 3.01. The number of fused-ring (bicyclic) bond motifs is 1. The number of nitrogens with one attached hydrogen (secondary N) is 1. The maximum Gasteiger partial charge on any atom is 0.341 e. The van der Waals surface area contributed by atoms with Crippen LogP contribution < -0.4 is 20.5 Å². The third kappa shape index (κ3) is 4.37. The summed E-state index contributed by atoms with van der Waals surface area (Å²) in [4.78, 5) is 24.6. The van der Waals surface area contributed by atoms with Crippen LogP contribution in [0.15, 0.2) is 30.3 Å². The van der Waals surface area contributed by atoms with Gasteiger partial charge in [0.05, 0.1) is 16.3 Å². The molecule has 2 aromatic carbocycles. The van der Waals surface area contributed by atoms with E-state index in [1.54, 1.807) is 18.2 Å². The average molecular weight is 411 g/mol. The molecule has 142 valence electrons. The fourth-order valence-electron chi connectivity index (χ4n) is 2.40. The summed E-state index contributed by atoms with van der Waals surface area (Å²) in [6.07, 6.45) is -1.08. The molecule has 1 aliphatic heterocycles. The van der Waals surface area contributed by atoms with Gasteiger partial charge in [0.25, 0.3) is 5.91 Å². The van der Waals surface area contributed by atoms with E-state index in [0.29, 0.717) is 30.4 Å². The predicted molar refractivity (Wildman–Crippen MR) is 102 cm³/mol. The zero-order valence-electron chi connectivity index (χ0n) is 14.3. The first-order valence-corrected chi connectivity index (χ1v) is 8.77. The minimum Gasteiger partial charge on any atom is -0.486 e. The molecule has 1 amide bonds. The highest BCUT2D eigenvalue weighted by molar-refractivity contribution is 6.37. The molecule has 1 aliphatic rings. The minimum atomic E-state index is -1.08. The molecule has 0 bridgehead atoms. The Bertz CT molecular complexity index is 904. The van der Waals surface area contributed by atoms with Crippen LogP contribution in [0, 0.1) is 0 Å². The van der Waals surface area contributed by atoms with Gasteiger partial charge in [0.2, 0.25) is 0 Å². The van der Waals surface area contributed by atoms with Crippen LogP contribution in [0.2, 0.25) is 10.0 Å². The van der Waals surface area contributed by atoms with Crippen LogP contribution in [0.4, 0.5) is 11.4 Å². The highest BCUT2D eigenvalue weighted by atomic mass is 35.5. The highest BCUT2D eigenvalue weighted by Crippen LogP contribution is 2.33. The van der Waals surface area contributed by atoms with Crippen LogP contribution in [0.25, 0.3) is 0 Å². The van der Waals surface area contributed by atoms with Crippen molar-refractivity contribution in [2.75, 3.05) is 24.3 Å². The normalized spacial score (nSPS) is 13.6. The van der Waals surface area contributed by atoms with Gasteiger partial charge < -0.3 is 25.3 Å². The standard InChI is InChI=1S/C18H16Cl2N2O5/c1-9(27-18(24)12-6-10(19)7-13(20)16(12)21)17(23)22-11-2-3-14-15(8-11)26-5-4-25-14/h2-3,6-9H,4-5,21H2,1H3,(H,22,23). The Labute approximate surface area is 165 Å². The Kier molecular flexibility index (Phi) is 5.62. The van der Waals surface area contributed by atoms with Crippen LogP contribution >= 0.6 is 23.2 Å². The topological polar surface area (TPSA) is 99.9 Å². The number of halogens is 2. The number of nitrogen functional groups attached to an aromatic ring is 1. The quantitative estimate of drug-likeness (QED) is 0.590. The van der Waals surface area contributed by atoms with Crippen molar-refractivity contribution in [3.05, 3.63) is 45.9 Å². The van der Waals surface area contributed by atoms with Crippen molar-refractivity contribution >= 4 is 46.5 Å². The van der Waals surface area contributed by atoms with E-state index in [1.165, 1.54) is 19.1 Å². The smallest absolute Gasteiger partial charge is 0.341 e. The molecule has 0 spiro atoms. The first-order chi connectivity index (χ1) is 12.8. The van der Waals surface area contributed by atoms with Gasteiger partial charge in [-0.3, -0.25) is 4.79 Å². The van der Waals surface area contributed by atoms with Gasteiger partial charge in [-0.2, -0.15) is 0 Å². The molecule has 2 aromatic rings. The van der Waals surface area contributed by atoms with Crippen LogP contribution in [-0.2, 0) is 9.53 Å². The second-order valence-electron chi connectivity index (χ2n) is 5.74. The number of hydrogen-bond donors (Lipinski definition) is 2. The summed E-state index contributed by atoms with van der Waals surface area (Å²) in [6, 6.07) is 7.73. The fourth-order valence-corrected chi connectivity index (χ4v) is 2.89. The third-order valence-corrected chi connectivity index (χ3v) is 4.31. The van der Waals surface area contributed by atoms with E-state index in [2.05, 4.69) is 5.32 Å². The molecule has 3 rings (SSSR count). The molecule has 3 N–H and O–H groups in total. The van der Waals surface area contributed by atoms with Gasteiger partial charge in [0.1, 0.15) is 13.2 Å². The summed E-state index contributed by atoms with van der Waals surface area (Å²) in [5.74, 6) is -0.189. The lowest BCUT2D eigenvalue weighted by molar-refractivity contribution is -0.123. The maximum atomic E-state index is 12.3. The Morgan fingerprint density at radius 3 is 2.59 bits per heavy atom. The Morgan fingerprint density at radius 1 is 1.15 bits per heavy atom. The highest BCUT2D eigenvalue weighted by Gasteiger charge is 2.22. The van der Waals surface area contributed by atoms with Crippen LogP contribution in [0.1, 0.15) is 17.3 Å². The number of benzene rings is 2. The second-order valence-corrected chi connectivity index (χ2v) is 6.59. The van der Waals surface area contributed by atoms with Crippen LogP contribution in [-0.4, -0.2) is 31.2 Å². The van der Waals surface area contributed by atoms with Gasteiger partial charge in [-0.15, -0.1) is 0 Å². The Balaban J connectivity index is 1.66. The minimum absolute atomic E-state index is 0.00789. The number of amides is 1. The summed E-state index contributed by atoms with van der Waals surface area (Å²) < 4.78 is 16.1. The Hall–Kier alpha value is -2.64. The number of carbonyl (C=O) groups excluding carboxylic acids is 2. The Morgan fingerprint density at radius 2 is 1.85 bits per heavy atom. The summed E-state index contributed by atoms with van der Waals surface area (Å²) in [6.45, 7) is 2.35. The van der Waals surface area contributed by atoms with Crippen LogP contribution in [0.5, 0.6) is 11.5 Å². The predicted octanol–water partition coefficient (Wildman–Crippen LogP) is 3.53. The number of esters is 1. The number of nitrogens with two attached hydrogens (primary N) is 1. The molecule has 0 radical (unpaired) electrons. The van der Waals surface area contributed by atoms with Gasteiger partial charge in [0, 0.05) is 16.8 Å². The van der Waals surface area contributed by atoms with Crippen molar-refractivity contribution in [1.29, 1.82) is 0 Å². The average Bonchev–Trinajstić information content (AvgIpc) is 2.64. The zero-order valence-corrected chi connectivity index (χ0v) is 15.8. The first-order valence-electron chi connectivity index (χ1n) is 8.01. The molecule has 0 aliphatic carbocycles. The molecule has 0 saturated heterocycles. The first kappa shape index (κ1) is 19.1. The summed E-state index contributed by atoms with van der Waals surface area (Å²) >= 11 is 11.8. The molecular formula is C18H16Cl2N2O5. The SMILES string of the molecule is CC(OC(=O)c1cc(Cl)cc(Cl)c1N)C(=O)Nc1ccc2c(c1)OCCO2. The van der Waals surface area contributed by atoms with E-state index in [4.69, 9.17) is 43.1 Å². The monoisotopic (exact) mass is 410 g/mol. The van der Waals surface area contributed by atoms with Crippen molar-refractivity contribution in [3.63, 3.8) is 0 Å². The number of hydrogen-bond acceptors (Lipinski definition) is 6. The van der Waals surface area contributed by atoms with Gasteiger partial charge in [-0.05, 0) is 31.2 Å². The zero-order chi connectivity index (χ0) is 19.6. The fraction of sp³-hybridized carbons (Fsp3) is 0.222. The molecule has 0 saturated carbocycles. The number of rotatable bonds is 4. The molecular weight excluding hydrogens is 395 g/mol. The molecule has 1 atom stereocenters. The van der Waals surface area contributed by atoms with Gasteiger partial charge in [-0.25, -0.2) is 4.79 Å². The van der Waals surface area contributed by atoms with Crippen molar-refractivity contribution in [3.8, 4) is 11.5 Å². The van der Waals surface area contributed by atoms with E-state index in [1.807, 2.05) is 0 Å². The molecule has 0 fully saturated rings. The molecule has 27 heavy (non-hydrogen) atoms. The molecule has 0 aromatic heterocycles. The van der Waals surface area contributed by atoms with Gasteiger partial charge in [-0.1, -0.05) is 23.2 Å². The lowest BCUT2D eigenvalue weighted by Gasteiger charge is -2.19. The summed E-state index contributed by atoms with van der Waals surface area (Å²) in [7, 11) is 0. The molecule has 9 heteroatoms. The maximum absolute atomic E-state index is 12.3. The lowest BCUT2D eigenvalue weighted by Crippen LogP contribution is -2.30. The molecule has 7 nitrogen and oxygen atoms in total. The van der Waals surface area contributed by atoms with Crippen LogP contribution in [0.3, 0.4) is 0 Å².